The number of nitrogens with one attached hydrogen (secondary N) is 2. The van der Waals surface area contributed by atoms with E-state index in [9.17, 15) is 18.0 Å². The van der Waals surface area contributed by atoms with Crippen molar-refractivity contribution in [3.05, 3.63) is 90.3 Å². The number of aromatic nitrogens is 2. The van der Waals surface area contributed by atoms with Crippen molar-refractivity contribution in [2.45, 2.75) is 44.1 Å². The van der Waals surface area contributed by atoms with Gasteiger partial charge in [-0.05, 0) is 73.2 Å². The first kappa shape index (κ1) is 35.0. The average molecular weight is 690 g/mol. The summed E-state index contributed by atoms with van der Waals surface area (Å²) in [5, 5.41) is 2.30. The second kappa shape index (κ2) is 16.2. The highest BCUT2D eigenvalue weighted by Crippen LogP contribution is 2.43. The van der Waals surface area contributed by atoms with Crippen LogP contribution in [0.1, 0.15) is 54.9 Å². The number of hydrogen-bond acceptors (Lipinski definition) is 10. The lowest BCUT2D eigenvalue weighted by Crippen LogP contribution is -2.35. The number of piperidine rings is 1. The van der Waals surface area contributed by atoms with E-state index in [0.717, 1.165) is 24.8 Å². The van der Waals surface area contributed by atoms with E-state index in [1.165, 1.54) is 37.7 Å². The van der Waals surface area contributed by atoms with Crippen LogP contribution in [0, 0.1) is 0 Å². The molecule has 0 aliphatic carbocycles. The van der Waals surface area contributed by atoms with Crippen molar-refractivity contribution in [2.24, 2.45) is 0 Å². The van der Waals surface area contributed by atoms with Gasteiger partial charge in [-0.25, -0.2) is 14.8 Å². The van der Waals surface area contributed by atoms with Crippen LogP contribution in [0.15, 0.2) is 84.1 Å². The molecule has 13 nitrogen and oxygen atoms in total. The summed E-state index contributed by atoms with van der Waals surface area (Å²) >= 11 is 0. The monoisotopic (exact) mass is 689 g/mol. The molecule has 258 valence electrons. The molecule has 2 N–H and O–H groups in total. The summed E-state index contributed by atoms with van der Waals surface area (Å²) in [6, 6.07) is 17.9. The van der Waals surface area contributed by atoms with Gasteiger partial charge in [-0.2, -0.15) is 8.42 Å². The van der Waals surface area contributed by atoms with Crippen molar-refractivity contribution in [1.82, 2.24) is 14.9 Å². The van der Waals surface area contributed by atoms with Gasteiger partial charge < -0.3 is 23.8 Å². The van der Waals surface area contributed by atoms with Crippen molar-refractivity contribution in [2.75, 3.05) is 43.5 Å². The highest BCUT2D eigenvalue weighted by atomic mass is 32.2. The van der Waals surface area contributed by atoms with Crippen molar-refractivity contribution >= 4 is 33.5 Å². The number of para-hydroxylation sites is 2. The summed E-state index contributed by atoms with van der Waals surface area (Å²) in [6.45, 7) is 4.75. The van der Waals surface area contributed by atoms with Crippen LogP contribution >= 0.6 is 0 Å². The molecule has 0 unspecified atom stereocenters. The van der Waals surface area contributed by atoms with Gasteiger partial charge in [0, 0.05) is 31.0 Å². The Kier molecular flexibility index (Phi) is 11.5. The number of carbonyl (C=O) groups excluding carboxylic acids is 2. The summed E-state index contributed by atoms with van der Waals surface area (Å²) in [4.78, 5) is 36.0. The molecule has 0 bridgehead atoms. The van der Waals surface area contributed by atoms with Crippen LogP contribution in [0.3, 0.4) is 0 Å². The van der Waals surface area contributed by atoms with Gasteiger partial charge in [0.15, 0.2) is 28.0 Å². The number of methoxy groups -OCH3 is 1. The molecule has 1 saturated heterocycles. The number of carbonyl (C=O) groups is 2. The van der Waals surface area contributed by atoms with E-state index in [1.54, 1.807) is 53.4 Å². The van der Waals surface area contributed by atoms with Crippen molar-refractivity contribution in [3.63, 3.8) is 0 Å². The molecule has 2 aromatic heterocycles. The maximum atomic E-state index is 13.7. The number of pyridine rings is 2. The first-order chi connectivity index (χ1) is 23.6. The second-order valence-corrected chi connectivity index (χ2v) is 13.1. The van der Waals surface area contributed by atoms with E-state index >= 15 is 0 Å². The Balaban J connectivity index is 1.50. The largest absolute Gasteiger partial charge is 0.493 e. The fraction of sp³-hybridized carbons (Fsp3) is 0.314. The SMILES string of the molecule is COc1ccccc1Oc1c(NS(=O)(=O)c2ccc(C(C)C)cn2)cc(C(=O)N2CCCCC2)cc1OCCOC(=O)Nc1ccccn1. The zero-order valence-electron chi connectivity index (χ0n) is 27.5. The number of likely N-dealkylation sites (tertiary alicyclic amines) is 1. The van der Waals surface area contributed by atoms with Gasteiger partial charge in [0.2, 0.25) is 0 Å². The fourth-order valence-corrected chi connectivity index (χ4v) is 6.04. The first-order valence-electron chi connectivity index (χ1n) is 15.9. The number of nitrogens with zero attached hydrogens (tertiary/aromatic N) is 3. The lowest BCUT2D eigenvalue weighted by Gasteiger charge is -2.27. The van der Waals surface area contributed by atoms with Crippen LogP contribution < -0.4 is 24.2 Å². The van der Waals surface area contributed by atoms with Gasteiger partial charge in [-0.1, -0.05) is 38.1 Å². The molecule has 0 atom stereocenters. The van der Waals surface area contributed by atoms with Crippen molar-refractivity contribution < 1.29 is 37.0 Å². The lowest BCUT2D eigenvalue weighted by atomic mass is 10.1. The summed E-state index contributed by atoms with van der Waals surface area (Å²) in [7, 11) is -2.80. The third-order valence-electron chi connectivity index (χ3n) is 7.64. The minimum atomic E-state index is -4.27. The molecule has 0 radical (unpaired) electrons. The Bertz CT molecular complexity index is 1850. The highest BCUT2D eigenvalue weighted by Gasteiger charge is 2.27. The average Bonchev–Trinajstić information content (AvgIpc) is 3.11. The molecule has 2 aromatic carbocycles. The van der Waals surface area contributed by atoms with Crippen LogP contribution in [0.2, 0.25) is 0 Å². The molecule has 4 aromatic rings. The number of sulfonamides is 1. The van der Waals surface area contributed by atoms with E-state index in [2.05, 4.69) is 20.0 Å². The van der Waals surface area contributed by atoms with Crippen LogP contribution in [0.25, 0.3) is 0 Å². The number of ether oxygens (including phenoxy) is 4. The molecule has 3 heterocycles. The zero-order chi connectivity index (χ0) is 34.8. The quantitative estimate of drug-likeness (QED) is 0.149. The molecule has 1 aliphatic rings. The minimum Gasteiger partial charge on any atom is -0.493 e. The summed E-state index contributed by atoms with van der Waals surface area (Å²) in [5.41, 5.74) is 0.992. The molecule has 0 spiro atoms. The van der Waals surface area contributed by atoms with Gasteiger partial charge in [-0.15, -0.1) is 0 Å². The Morgan fingerprint density at radius 2 is 1.65 bits per heavy atom. The molecule has 1 fully saturated rings. The maximum absolute atomic E-state index is 13.7. The summed E-state index contributed by atoms with van der Waals surface area (Å²) < 4.78 is 53.1. The zero-order valence-corrected chi connectivity index (χ0v) is 28.4. The standard InChI is InChI=1S/C35H39N5O8S/c1-24(2)25-14-15-32(37-23-25)49(43,44)39-27-21-26(34(41)40-17-9-4-10-18-40)22-30(33(27)48-29-12-6-5-11-28(29)45-3)46-19-20-47-35(42)38-31-13-7-8-16-36-31/h5-8,11-16,21-24,39H,4,9-10,17-20H2,1-3H3,(H,36,38,42). The number of amides is 2. The van der Waals surface area contributed by atoms with E-state index in [0.29, 0.717) is 24.7 Å². The van der Waals surface area contributed by atoms with Crippen molar-refractivity contribution in [3.8, 4) is 23.0 Å². The van der Waals surface area contributed by atoms with Crippen LogP contribution in [0.5, 0.6) is 23.0 Å². The van der Waals surface area contributed by atoms with E-state index < -0.39 is 16.1 Å². The van der Waals surface area contributed by atoms with E-state index in [-0.39, 0.29) is 58.6 Å². The highest BCUT2D eigenvalue weighted by molar-refractivity contribution is 7.92. The smallest absolute Gasteiger partial charge is 0.412 e. The lowest BCUT2D eigenvalue weighted by molar-refractivity contribution is 0.0723. The van der Waals surface area contributed by atoms with Crippen LogP contribution in [0.4, 0.5) is 16.3 Å². The molecule has 0 saturated carbocycles. The third kappa shape index (κ3) is 9.16. The normalized spacial score (nSPS) is 13.0. The summed E-state index contributed by atoms with van der Waals surface area (Å²) in [5.74, 6) is 0.796. The number of anilines is 2. The van der Waals surface area contributed by atoms with Gasteiger partial charge >= 0.3 is 6.09 Å². The molecule has 1 aliphatic heterocycles. The molecular formula is C35H39N5O8S. The van der Waals surface area contributed by atoms with E-state index in [4.69, 9.17) is 18.9 Å². The molecule has 5 rings (SSSR count). The molecule has 14 heteroatoms. The number of benzene rings is 2. The molecule has 49 heavy (non-hydrogen) atoms. The Hall–Kier alpha value is -5.37. The first-order valence-corrected chi connectivity index (χ1v) is 17.4. The van der Waals surface area contributed by atoms with Crippen LogP contribution in [-0.2, 0) is 14.8 Å². The second-order valence-electron chi connectivity index (χ2n) is 11.5. The summed E-state index contributed by atoms with van der Waals surface area (Å²) in [6.07, 6.45) is 5.04. The van der Waals surface area contributed by atoms with Crippen molar-refractivity contribution in [1.29, 1.82) is 0 Å². The third-order valence-corrected chi connectivity index (χ3v) is 8.92. The number of hydrogen-bond donors (Lipinski definition) is 2. The van der Waals surface area contributed by atoms with Gasteiger partial charge in [0.25, 0.3) is 15.9 Å². The van der Waals surface area contributed by atoms with Gasteiger partial charge in [-0.3, -0.25) is 14.8 Å². The topological polar surface area (TPSA) is 158 Å². The molecular weight excluding hydrogens is 650 g/mol. The number of rotatable bonds is 13. The van der Waals surface area contributed by atoms with Crippen LogP contribution in [-0.4, -0.2) is 68.7 Å². The van der Waals surface area contributed by atoms with E-state index in [1.807, 2.05) is 13.8 Å². The predicted octanol–water partition coefficient (Wildman–Crippen LogP) is 6.46. The Morgan fingerprint density at radius 1 is 0.898 bits per heavy atom. The maximum Gasteiger partial charge on any atom is 0.412 e. The van der Waals surface area contributed by atoms with Gasteiger partial charge in [0.05, 0.1) is 12.8 Å². The van der Waals surface area contributed by atoms with Gasteiger partial charge in [0.1, 0.15) is 19.0 Å². The minimum absolute atomic E-state index is 0.0308. The fourth-order valence-electron chi connectivity index (χ4n) is 5.06. The predicted molar refractivity (Wildman–Crippen MR) is 183 cm³/mol. The molecule has 2 amide bonds. The Morgan fingerprint density at radius 3 is 2.33 bits per heavy atom. The Labute approximate surface area is 285 Å².